The van der Waals surface area contributed by atoms with Crippen LogP contribution < -0.4 is 0 Å². The smallest absolute Gasteiger partial charge is 0.369 e. The molecule has 0 atom stereocenters. The van der Waals surface area contributed by atoms with Crippen LogP contribution in [0.4, 0.5) is 26.3 Å². The molecule has 0 aliphatic heterocycles. The fourth-order valence-corrected chi connectivity index (χ4v) is 2.04. The van der Waals surface area contributed by atoms with Gasteiger partial charge in [-0.25, -0.2) is 0 Å². The molecule has 25 heavy (non-hydrogen) atoms. The van der Waals surface area contributed by atoms with Gasteiger partial charge in [-0.2, -0.15) is 26.3 Å². The highest BCUT2D eigenvalue weighted by Crippen LogP contribution is 2.36. The lowest BCUT2D eigenvalue weighted by Gasteiger charge is -2.14. The van der Waals surface area contributed by atoms with E-state index in [0.29, 0.717) is 12.1 Å². The van der Waals surface area contributed by atoms with Crippen molar-refractivity contribution in [1.82, 2.24) is 0 Å². The molecule has 0 saturated carbocycles. The van der Waals surface area contributed by atoms with Crippen molar-refractivity contribution in [3.8, 4) is 0 Å². The zero-order chi connectivity index (χ0) is 18.7. The topological polar surface area (TPSA) is 26.3 Å². The first-order chi connectivity index (χ1) is 11.6. The molecule has 134 valence electrons. The molecule has 0 amide bonds. The van der Waals surface area contributed by atoms with E-state index < -0.39 is 41.4 Å². The Morgan fingerprint density at radius 1 is 0.840 bits per heavy atom. The summed E-state index contributed by atoms with van der Waals surface area (Å²) in [6, 6.07) is 9.38. The second kappa shape index (κ2) is 7.26. The van der Waals surface area contributed by atoms with Gasteiger partial charge in [-0.15, -0.1) is 0 Å². The van der Waals surface area contributed by atoms with Crippen molar-refractivity contribution in [2.75, 3.05) is 6.61 Å². The number of benzene rings is 2. The third kappa shape index (κ3) is 5.32. The first-order valence-electron chi connectivity index (χ1n) is 7.02. The first kappa shape index (κ1) is 19.0. The van der Waals surface area contributed by atoms with Crippen molar-refractivity contribution in [2.24, 2.45) is 0 Å². The van der Waals surface area contributed by atoms with E-state index in [1.54, 1.807) is 30.3 Å². The van der Waals surface area contributed by atoms with Crippen molar-refractivity contribution >= 4 is 5.78 Å². The maximum Gasteiger partial charge on any atom is 0.416 e. The summed E-state index contributed by atoms with van der Waals surface area (Å²) in [5, 5.41) is 0. The Hall–Kier alpha value is -2.35. The normalized spacial score (nSPS) is 12.2. The number of rotatable bonds is 5. The summed E-state index contributed by atoms with van der Waals surface area (Å²) < 4.78 is 81.7. The summed E-state index contributed by atoms with van der Waals surface area (Å²) in [6.45, 7) is -0.620. The van der Waals surface area contributed by atoms with Crippen molar-refractivity contribution in [3.05, 3.63) is 70.8 Å². The van der Waals surface area contributed by atoms with E-state index in [1.165, 1.54) is 0 Å². The second-order valence-electron chi connectivity index (χ2n) is 5.20. The molecular weight excluding hydrogens is 350 g/mol. The van der Waals surface area contributed by atoms with Gasteiger partial charge in [-0.1, -0.05) is 30.3 Å². The van der Waals surface area contributed by atoms with E-state index >= 15 is 0 Å². The Kier molecular flexibility index (Phi) is 5.52. The van der Waals surface area contributed by atoms with Crippen molar-refractivity contribution in [2.45, 2.75) is 19.0 Å². The summed E-state index contributed by atoms with van der Waals surface area (Å²) in [6.07, 6.45) is -10.00. The molecule has 0 heterocycles. The fourth-order valence-electron chi connectivity index (χ4n) is 2.04. The zero-order valence-corrected chi connectivity index (χ0v) is 12.6. The van der Waals surface area contributed by atoms with Gasteiger partial charge in [0.2, 0.25) is 0 Å². The van der Waals surface area contributed by atoms with Crippen LogP contribution >= 0.6 is 0 Å². The minimum Gasteiger partial charge on any atom is -0.369 e. The number of ether oxygens (including phenoxy) is 1. The molecule has 8 heteroatoms. The maximum absolute atomic E-state index is 12.8. The fraction of sp³-hybridized carbons (Fsp3) is 0.235. The Balaban J connectivity index is 2.17. The third-order valence-corrected chi connectivity index (χ3v) is 3.25. The number of halogens is 6. The molecule has 0 aromatic heterocycles. The van der Waals surface area contributed by atoms with Crippen LogP contribution in [0, 0.1) is 0 Å². The van der Waals surface area contributed by atoms with Crippen LogP contribution in [0.5, 0.6) is 0 Å². The molecule has 0 saturated heterocycles. The molecule has 2 nitrogen and oxygen atoms in total. The third-order valence-electron chi connectivity index (χ3n) is 3.25. The van der Waals surface area contributed by atoms with Crippen LogP contribution in [0.15, 0.2) is 48.5 Å². The Bertz CT molecular complexity index is 703. The number of alkyl halides is 6. The Morgan fingerprint density at radius 3 is 1.84 bits per heavy atom. The number of hydrogen-bond acceptors (Lipinski definition) is 2. The number of ketones is 1. The van der Waals surface area contributed by atoms with Gasteiger partial charge in [0.1, 0.15) is 6.61 Å². The van der Waals surface area contributed by atoms with E-state index in [1.807, 2.05) is 0 Å². The number of Topliss-reactive ketones (excluding diaryl/α,β-unsaturated/α-hetero) is 1. The van der Waals surface area contributed by atoms with Crippen molar-refractivity contribution in [1.29, 1.82) is 0 Å². The van der Waals surface area contributed by atoms with Gasteiger partial charge in [0.25, 0.3) is 0 Å². The van der Waals surface area contributed by atoms with Gasteiger partial charge >= 0.3 is 12.4 Å². The van der Waals surface area contributed by atoms with Crippen LogP contribution in [-0.4, -0.2) is 12.4 Å². The van der Waals surface area contributed by atoms with Gasteiger partial charge in [-0.3, -0.25) is 4.79 Å². The zero-order valence-electron chi connectivity index (χ0n) is 12.6. The lowest BCUT2D eigenvalue weighted by atomic mass is 10.0. The molecule has 2 rings (SSSR count). The molecule has 2 aromatic carbocycles. The van der Waals surface area contributed by atoms with Crippen LogP contribution in [0.25, 0.3) is 0 Å². The summed E-state index contributed by atoms with van der Waals surface area (Å²) >= 11 is 0. The van der Waals surface area contributed by atoms with Gasteiger partial charge in [0, 0.05) is 5.56 Å². The van der Waals surface area contributed by atoms with E-state index in [0.717, 1.165) is 5.56 Å². The Morgan fingerprint density at radius 2 is 1.36 bits per heavy atom. The standard InChI is InChI=1S/C17H12F6O2/c18-16(19,20)13-6-12(7-14(8-13)17(21,22)23)15(24)10-25-9-11-4-2-1-3-5-11/h1-8H,9-10H2. The number of carbonyl (C=O) groups excluding carboxylic acids is 1. The van der Waals surface area contributed by atoms with Crippen LogP contribution in [-0.2, 0) is 23.7 Å². The Labute approximate surface area is 139 Å². The highest BCUT2D eigenvalue weighted by Gasteiger charge is 2.37. The minimum atomic E-state index is -5.00. The molecule has 0 unspecified atom stereocenters. The molecular formula is C17H12F6O2. The van der Waals surface area contributed by atoms with Crippen LogP contribution in [0.2, 0.25) is 0 Å². The maximum atomic E-state index is 12.8. The molecule has 2 aromatic rings. The molecule has 0 fully saturated rings. The van der Waals surface area contributed by atoms with Crippen LogP contribution in [0.3, 0.4) is 0 Å². The summed E-state index contributed by atoms with van der Waals surface area (Å²) in [5.74, 6) is -0.965. The average molecular weight is 362 g/mol. The molecule has 0 aliphatic carbocycles. The van der Waals surface area contributed by atoms with Gasteiger partial charge < -0.3 is 4.74 Å². The minimum absolute atomic E-state index is 0.0116. The molecule has 0 spiro atoms. The van der Waals surface area contributed by atoms with Gasteiger partial charge in [0.05, 0.1) is 17.7 Å². The van der Waals surface area contributed by atoms with E-state index in [4.69, 9.17) is 4.74 Å². The van der Waals surface area contributed by atoms with E-state index in [-0.39, 0.29) is 12.7 Å². The lowest BCUT2D eigenvalue weighted by molar-refractivity contribution is -0.143. The summed E-state index contributed by atoms with van der Waals surface area (Å²) in [4.78, 5) is 11.9. The lowest BCUT2D eigenvalue weighted by Crippen LogP contribution is -2.15. The van der Waals surface area contributed by atoms with Gasteiger partial charge in [-0.05, 0) is 23.8 Å². The van der Waals surface area contributed by atoms with Crippen LogP contribution in [0.1, 0.15) is 27.0 Å². The van der Waals surface area contributed by atoms with Crippen molar-refractivity contribution < 1.29 is 35.9 Å². The second-order valence-corrected chi connectivity index (χ2v) is 5.20. The average Bonchev–Trinajstić information content (AvgIpc) is 2.53. The molecule has 0 bridgehead atoms. The highest BCUT2D eigenvalue weighted by molar-refractivity contribution is 5.97. The van der Waals surface area contributed by atoms with Crippen molar-refractivity contribution in [3.63, 3.8) is 0 Å². The SMILES string of the molecule is O=C(COCc1ccccc1)c1cc(C(F)(F)F)cc(C(F)(F)F)c1. The molecule has 0 radical (unpaired) electrons. The van der Waals surface area contributed by atoms with E-state index in [9.17, 15) is 31.1 Å². The van der Waals surface area contributed by atoms with E-state index in [2.05, 4.69) is 0 Å². The molecule has 0 N–H and O–H groups in total. The number of hydrogen-bond donors (Lipinski definition) is 0. The summed E-state index contributed by atoms with van der Waals surface area (Å²) in [5.41, 5.74) is -3.05. The van der Waals surface area contributed by atoms with Gasteiger partial charge in [0.15, 0.2) is 5.78 Å². The monoisotopic (exact) mass is 362 g/mol. The predicted molar refractivity (Wildman–Crippen MR) is 76.9 cm³/mol. The quantitative estimate of drug-likeness (QED) is 0.545. The molecule has 0 aliphatic rings. The number of carbonyl (C=O) groups is 1. The summed E-state index contributed by atoms with van der Waals surface area (Å²) in [7, 11) is 0. The first-order valence-corrected chi connectivity index (χ1v) is 7.02. The highest BCUT2D eigenvalue weighted by atomic mass is 19.4. The largest absolute Gasteiger partial charge is 0.416 e. The predicted octanol–water partition coefficient (Wildman–Crippen LogP) is 5.12.